The van der Waals surface area contributed by atoms with Crippen molar-refractivity contribution in [3.05, 3.63) is 11.1 Å². The van der Waals surface area contributed by atoms with E-state index in [1.54, 1.807) is 0 Å². The van der Waals surface area contributed by atoms with E-state index in [1.807, 2.05) is 11.9 Å². The molecule has 4 heteroatoms. The van der Waals surface area contributed by atoms with E-state index in [2.05, 4.69) is 22.5 Å². The largest absolute Gasteiger partial charge is 0.481 e. The Kier molecular flexibility index (Phi) is 5.15. The van der Waals surface area contributed by atoms with Crippen LogP contribution in [-0.4, -0.2) is 36.1 Å². The second-order valence-corrected chi connectivity index (χ2v) is 3.52. The summed E-state index contributed by atoms with van der Waals surface area (Å²) in [5.41, 5.74) is 0. The van der Waals surface area contributed by atoms with Gasteiger partial charge in [0.25, 0.3) is 0 Å². The fourth-order valence-electron chi connectivity index (χ4n) is 0.658. The molecule has 0 radical (unpaired) electrons. The van der Waals surface area contributed by atoms with E-state index in [0.717, 1.165) is 4.48 Å². The first kappa shape index (κ1) is 10.7. The third kappa shape index (κ3) is 7.55. The van der Waals surface area contributed by atoms with Crippen molar-refractivity contribution in [2.75, 3.05) is 20.1 Å². The molecule has 0 fully saturated rings. The van der Waals surface area contributed by atoms with Gasteiger partial charge in [0.15, 0.2) is 0 Å². The topological polar surface area (TPSA) is 40.5 Å². The van der Waals surface area contributed by atoms with Gasteiger partial charge in [0.1, 0.15) is 0 Å². The Morgan fingerprint density at radius 2 is 2.27 bits per heavy atom. The minimum Gasteiger partial charge on any atom is -0.481 e. The van der Waals surface area contributed by atoms with E-state index in [-0.39, 0.29) is 6.42 Å². The van der Waals surface area contributed by atoms with Crippen LogP contribution >= 0.6 is 15.9 Å². The van der Waals surface area contributed by atoms with Crippen molar-refractivity contribution in [3.8, 4) is 0 Å². The average molecular weight is 222 g/mol. The molecule has 3 nitrogen and oxygen atoms in total. The van der Waals surface area contributed by atoms with Gasteiger partial charge in [0.05, 0.1) is 6.42 Å². The summed E-state index contributed by atoms with van der Waals surface area (Å²) in [5.74, 6) is -0.767. The second kappa shape index (κ2) is 5.32. The van der Waals surface area contributed by atoms with Crippen LogP contribution in [0.1, 0.15) is 6.42 Å². The molecule has 0 aliphatic heterocycles. The Labute approximate surface area is 74.8 Å². The number of hydrogen-bond donors (Lipinski definition) is 1. The van der Waals surface area contributed by atoms with Crippen molar-refractivity contribution in [3.63, 3.8) is 0 Å². The van der Waals surface area contributed by atoms with Crippen molar-refractivity contribution in [1.29, 1.82) is 0 Å². The maximum absolute atomic E-state index is 10.1. The Morgan fingerprint density at radius 3 is 2.64 bits per heavy atom. The SMILES string of the molecule is C=C(Br)CN(C)CCC(=O)O. The first-order valence-electron chi connectivity index (χ1n) is 3.26. The van der Waals surface area contributed by atoms with Crippen molar-refractivity contribution in [2.24, 2.45) is 0 Å². The zero-order chi connectivity index (χ0) is 8.85. The number of nitrogens with zero attached hydrogens (tertiary/aromatic N) is 1. The van der Waals surface area contributed by atoms with Crippen LogP contribution in [0.3, 0.4) is 0 Å². The van der Waals surface area contributed by atoms with E-state index in [1.165, 1.54) is 0 Å². The summed E-state index contributed by atoms with van der Waals surface area (Å²) in [7, 11) is 1.86. The predicted molar refractivity (Wildman–Crippen MR) is 47.8 cm³/mol. The number of rotatable bonds is 5. The monoisotopic (exact) mass is 221 g/mol. The molecule has 0 heterocycles. The van der Waals surface area contributed by atoms with Crippen molar-refractivity contribution in [2.45, 2.75) is 6.42 Å². The quantitative estimate of drug-likeness (QED) is 0.762. The molecule has 0 aromatic rings. The standard InChI is InChI=1S/C7H12BrNO2/c1-6(8)5-9(2)4-3-7(10)11/h1,3-5H2,2H3,(H,10,11). The Bertz CT molecular complexity index is 159. The molecule has 0 aromatic heterocycles. The number of carbonyl (C=O) groups is 1. The Hall–Kier alpha value is -0.350. The van der Waals surface area contributed by atoms with Crippen molar-refractivity contribution < 1.29 is 9.90 Å². The van der Waals surface area contributed by atoms with Crippen LogP contribution in [0.25, 0.3) is 0 Å². The van der Waals surface area contributed by atoms with Crippen molar-refractivity contribution >= 4 is 21.9 Å². The highest BCUT2D eigenvalue weighted by Gasteiger charge is 2.01. The van der Waals surface area contributed by atoms with Crippen LogP contribution in [0.2, 0.25) is 0 Å². The third-order valence-corrected chi connectivity index (χ3v) is 1.40. The van der Waals surface area contributed by atoms with Gasteiger partial charge in [-0.3, -0.25) is 4.79 Å². The zero-order valence-electron chi connectivity index (χ0n) is 6.51. The molecular formula is C7H12BrNO2. The number of carboxylic acids is 1. The highest BCUT2D eigenvalue weighted by molar-refractivity contribution is 9.11. The fourth-order valence-corrected chi connectivity index (χ4v) is 1.09. The van der Waals surface area contributed by atoms with Gasteiger partial charge in [0, 0.05) is 17.6 Å². The van der Waals surface area contributed by atoms with Crippen LogP contribution in [0, 0.1) is 0 Å². The van der Waals surface area contributed by atoms with Gasteiger partial charge in [0.2, 0.25) is 0 Å². The lowest BCUT2D eigenvalue weighted by atomic mass is 10.4. The maximum atomic E-state index is 10.1. The molecular weight excluding hydrogens is 210 g/mol. The first-order chi connectivity index (χ1) is 5.02. The lowest BCUT2D eigenvalue weighted by Gasteiger charge is -2.13. The summed E-state index contributed by atoms with van der Waals surface area (Å²) in [4.78, 5) is 12.0. The van der Waals surface area contributed by atoms with Gasteiger partial charge < -0.3 is 10.0 Å². The predicted octanol–water partition coefficient (Wildman–Crippen LogP) is 1.30. The second-order valence-electron chi connectivity index (χ2n) is 2.40. The summed E-state index contributed by atoms with van der Waals surface area (Å²) >= 11 is 3.20. The van der Waals surface area contributed by atoms with Gasteiger partial charge in [-0.05, 0) is 7.05 Å². The molecule has 11 heavy (non-hydrogen) atoms. The highest BCUT2D eigenvalue weighted by atomic mass is 79.9. The molecule has 0 rings (SSSR count). The van der Waals surface area contributed by atoms with E-state index in [0.29, 0.717) is 13.1 Å². The van der Waals surface area contributed by atoms with Gasteiger partial charge in [-0.2, -0.15) is 0 Å². The number of carboxylic acid groups (broad SMARTS) is 1. The summed E-state index contributed by atoms with van der Waals surface area (Å²) < 4.78 is 0.866. The Balaban J connectivity index is 3.44. The van der Waals surface area contributed by atoms with Gasteiger partial charge >= 0.3 is 5.97 Å². The molecule has 0 spiro atoms. The van der Waals surface area contributed by atoms with Crippen LogP contribution in [0.15, 0.2) is 11.1 Å². The molecule has 0 saturated carbocycles. The van der Waals surface area contributed by atoms with Gasteiger partial charge in [-0.25, -0.2) is 0 Å². The lowest BCUT2D eigenvalue weighted by Crippen LogP contribution is -2.22. The molecule has 1 N–H and O–H groups in total. The molecule has 0 aliphatic carbocycles. The molecule has 0 aromatic carbocycles. The van der Waals surface area contributed by atoms with E-state index < -0.39 is 5.97 Å². The molecule has 64 valence electrons. The molecule has 0 aliphatic rings. The van der Waals surface area contributed by atoms with Crippen LogP contribution in [0.4, 0.5) is 0 Å². The number of hydrogen-bond acceptors (Lipinski definition) is 2. The van der Waals surface area contributed by atoms with Crippen LogP contribution < -0.4 is 0 Å². The molecule has 0 saturated heterocycles. The molecule has 0 bridgehead atoms. The average Bonchev–Trinajstić information content (AvgIpc) is 1.82. The Morgan fingerprint density at radius 1 is 1.73 bits per heavy atom. The lowest BCUT2D eigenvalue weighted by molar-refractivity contribution is -0.137. The summed E-state index contributed by atoms with van der Waals surface area (Å²) in [6, 6.07) is 0. The fraction of sp³-hybridized carbons (Fsp3) is 0.571. The number of aliphatic carboxylic acids is 1. The normalized spacial score (nSPS) is 10.1. The van der Waals surface area contributed by atoms with E-state index in [9.17, 15) is 4.79 Å². The molecule has 0 amide bonds. The number of halogens is 1. The van der Waals surface area contributed by atoms with Gasteiger partial charge in [-0.15, -0.1) is 0 Å². The maximum Gasteiger partial charge on any atom is 0.304 e. The van der Waals surface area contributed by atoms with Crippen LogP contribution in [0.5, 0.6) is 0 Å². The zero-order valence-corrected chi connectivity index (χ0v) is 8.10. The van der Waals surface area contributed by atoms with E-state index >= 15 is 0 Å². The van der Waals surface area contributed by atoms with Crippen molar-refractivity contribution in [1.82, 2.24) is 4.90 Å². The minimum atomic E-state index is -0.767. The van der Waals surface area contributed by atoms with E-state index in [4.69, 9.17) is 5.11 Å². The number of likely N-dealkylation sites (N-methyl/N-ethyl adjacent to an activating group) is 1. The summed E-state index contributed by atoms with van der Waals surface area (Å²) in [5, 5.41) is 8.34. The minimum absolute atomic E-state index is 0.177. The third-order valence-electron chi connectivity index (χ3n) is 1.15. The smallest absolute Gasteiger partial charge is 0.304 e. The molecule has 0 atom stereocenters. The van der Waals surface area contributed by atoms with Gasteiger partial charge in [-0.1, -0.05) is 22.5 Å². The van der Waals surface area contributed by atoms with Crippen LogP contribution in [-0.2, 0) is 4.79 Å². The summed E-state index contributed by atoms with van der Waals surface area (Å²) in [6.07, 6.45) is 0.177. The molecule has 0 unspecified atom stereocenters. The highest BCUT2D eigenvalue weighted by Crippen LogP contribution is 2.02. The summed E-state index contributed by atoms with van der Waals surface area (Å²) in [6.45, 7) is 4.89. The first-order valence-corrected chi connectivity index (χ1v) is 4.05.